The molecule has 246 valence electrons. The molecule has 1 unspecified atom stereocenters. The number of anilines is 1. The summed E-state index contributed by atoms with van der Waals surface area (Å²) in [6.45, 7) is 8.32. The first-order valence-corrected chi connectivity index (χ1v) is 16.2. The quantitative estimate of drug-likeness (QED) is 0.215. The van der Waals surface area contributed by atoms with Gasteiger partial charge in [0, 0.05) is 57.6 Å². The van der Waals surface area contributed by atoms with Crippen molar-refractivity contribution in [1.29, 1.82) is 0 Å². The van der Waals surface area contributed by atoms with Gasteiger partial charge in [-0.25, -0.2) is 4.79 Å². The Hall–Kier alpha value is -4.24. The van der Waals surface area contributed by atoms with Gasteiger partial charge in [-0.1, -0.05) is 42.5 Å². The standard InChI is InChI=1S/C37H47N3O6/c1-37(2,3)46-36(42)38-17-18-39(31-14-9-13-29(23-31)28-11-7-6-8-12-28)34(26-38)35(41)40(30-15-16-30)25-27-21-32(44-5)24-33(22-27)45-20-10-19-43-4/h6-9,11-14,21-24,30,34H,10,15-20,25-26H2,1-5H3. The molecule has 3 aromatic carbocycles. The number of hydrogen-bond donors (Lipinski definition) is 0. The highest BCUT2D eigenvalue weighted by molar-refractivity contribution is 5.88. The Kier molecular flexibility index (Phi) is 10.7. The van der Waals surface area contributed by atoms with E-state index >= 15 is 0 Å². The molecule has 1 saturated carbocycles. The SMILES string of the molecule is COCCCOc1cc(CN(C(=O)C2CN(C(=O)OC(C)(C)C)CCN2c2cccc(-c3ccccc3)c2)C2CC2)cc(OC)c1. The molecule has 2 aliphatic rings. The predicted molar refractivity (Wildman–Crippen MR) is 179 cm³/mol. The molecule has 0 aromatic heterocycles. The monoisotopic (exact) mass is 629 g/mol. The van der Waals surface area contributed by atoms with E-state index in [9.17, 15) is 9.59 Å². The van der Waals surface area contributed by atoms with E-state index in [4.69, 9.17) is 18.9 Å². The van der Waals surface area contributed by atoms with Gasteiger partial charge in [0.15, 0.2) is 0 Å². The Labute approximate surface area is 273 Å². The zero-order valence-corrected chi connectivity index (χ0v) is 27.7. The Morgan fingerprint density at radius 2 is 1.61 bits per heavy atom. The summed E-state index contributed by atoms with van der Waals surface area (Å²) in [4.78, 5) is 33.7. The van der Waals surface area contributed by atoms with E-state index in [1.165, 1.54) is 0 Å². The lowest BCUT2D eigenvalue weighted by Gasteiger charge is -2.43. The molecule has 2 fully saturated rings. The number of carbonyl (C=O) groups excluding carboxylic acids is 2. The van der Waals surface area contributed by atoms with Crippen molar-refractivity contribution >= 4 is 17.7 Å². The lowest BCUT2D eigenvalue weighted by molar-refractivity contribution is -0.134. The van der Waals surface area contributed by atoms with Crippen LogP contribution < -0.4 is 14.4 Å². The van der Waals surface area contributed by atoms with Gasteiger partial charge in [-0.3, -0.25) is 4.79 Å². The number of nitrogens with zero attached hydrogens (tertiary/aromatic N) is 3. The van der Waals surface area contributed by atoms with Crippen LogP contribution in [0.15, 0.2) is 72.8 Å². The molecule has 0 spiro atoms. The van der Waals surface area contributed by atoms with Crippen LogP contribution in [0, 0.1) is 0 Å². The first kappa shape index (κ1) is 33.1. The van der Waals surface area contributed by atoms with Crippen LogP contribution in [0.3, 0.4) is 0 Å². The van der Waals surface area contributed by atoms with Gasteiger partial charge in [0.05, 0.1) is 20.3 Å². The second-order valence-corrected chi connectivity index (χ2v) is 13.0. The number of hydrogen-bond acceptors (Lipinski definition) is 7. The van der Waals surface area contributed by atoms with E-state index in [1.54, 1.807) is 19.1 Å². The van der Waals surface area contributed by atoms with Crippen LogP contribution in [-0.2, 0) is 20.8 Å². The Balaban J connectivity index is 1.43. The molecule has 0 radical (unpaired) electrons. The molecular formula is C37H47N3O6. The maximum Gasteiger partial charge on any atom is 0.410 e. The van der Waals surface area contributed by atoms with E-state index in [1.807, 2.05) is 74.2 Å². The van der Waals surface area contributed by atoms with Gasteiger partial charge in [-0.2, -0.15) is 0 Å². The van der Waals surface area contributed by atoms with Gasteiger partial charge in [0.2, 0.25) is 5.91 Å². The summed E-state index contributed by atoms with van der Waals surface area (Å²) in [5, 5.41) is 0. The van der Waals surface area contributed by atoms with Crippen molar-refractivity contribution in [2.45, 2.75) is 64.3 Å². The number of amides is 2. The van der Waals surface area contributed by atoms with E-state index in [2.05, 4.69) is 29.2 Å². The third kappa shape index (κ3) is 8.72. The number of ether oxygens (including phenoxy) is 4. The fourth-order valence-electron chi connectivity index (χ4n) is 5.77. The normalized spacial score (nSPS) is 16.6. The second kappa shape index (κ2) is 14.9. The van der Waals surface area contributed by atoms with Crippen molar-refractivity contribution in [1.82, 2.24) is 9.80 Å². The highest BCUT2D eigenvalue weighted by Crippen LogP contribution is 2.34. The molecule has 2 amide bonds. The van der Waals surface area contributed by atoms with Gasteiger partial charge < -0.3 is 33.6 Å². The van der Waals surface area contributed by atoms with E-state index in [0.717, 1.165) is 41.6 Å². The summed E-state index contributed by atoms with van der Waals surface area (Å²) in [6.07, 6.45) is 2.26. The highest BCUT2D eigenvalue weighted by atomic mass is 16.6. The van der Waals surface area contributed by atoms with Crippen molar-refractivity contribution in [3.63, 3.8) is 0 Å². The van der Waals surface area contributed by atoms with Crippen molar-refractivity contribution < 1.29 is 28.5 Å². The van der Waals surface area contributed by atoms with Crippen LogP contribution >= 0.6 is 0 Å². The van der Waals surface area contributed by atoms with Crippen LogP contribution in [0.2, 0.25) is 0 Å². The fraction of sp³-hybridized carbons (Fsp3) is 0.459. The molecule has 1 heterocycles. The maximum atomic E-state index is 14.7. The molecule has 9 nitrogen and oxygen atoms in total. The summed E-state index contributed by atoms with van der Waals surface area (Å²) in [6, 6.07) is 23.9. The van der Waals surface area contributed by atoms with Crippen LogP contribution in [0.1, 0.15) is 45.6 Å². The molecule has 0 N–H and O–H groups in total. The van der Waals surface area contributed by atoms with Crippen molar-refractivity contribution in [3.05, 3.63) is 78.4 Å². The lowest BCUT2D eigenvalue weighted by Crippen LogP contribution is -2.61. The summed E-state index contributed by atoms with van der Waals surface area (Å²) in [5.41, 5.74) is 3.43. The predicted octanol–water partition coefficient (Wildman–Crippen LogP) is 6.39. The minimum Gasteiger partial charge on any atom is -0.497 e. The maximum absolute atomic E-state index is 14.7. The Morgan fingerprint density at radius 3 is 2.30 bits per heavy atom. The molecule has 1 saturated heterocycles. The second-order valence-electron chi connectivity index (χ2n) is 13.0. The van der Waals surface area contributed by atoms with Gasteiger partial charge >= 0.3 is 6.09 Å². The number of carbonyl (C=O) groups is 2. The average molecular weight is 630 g/mol. The van der Waals surface area contributed by atoms with Crippen LogP contribution in [-0.4, -0.2) is 86.6 Å². The van der Waals surface area contributed by atoms with Crippen LogP contribution in [0.4, 0.5) is 10.5 Å². The van der Waals surface area contributed by atoms with Crippen molar-refractivity contribution in [3.8, 4) is 22.6 Å². The number of benzene rings is 3. The molecule has 1 atom stereocenters. The molecule has 1 aliphatic heterocycles. The molecule has 9 heteroatoms. The Bertz CT molecular complexity index is 1470. The van der Waals surface area contributed by atoms with Gasteiger partial charge in [-0.15, -0.1) is 0 Å². The molecule has 5 rings (SSSR count). The smallest absolute Gasteiger partial charge is 0.410 e. The highest BCUT2D eigenvalue weighted by Gasteiger charge is 2.42. The third-order valence-electron chi connectivity index (χ3n) is 8.16. The Morgan fingerprint density at radius 1 is 0.870 bits per heavy atom. The molecule has 46 heavy (non-hydrogen) atoms. The topological polar surface area (TPSA) is 80.8 Å². The molecule has 0 bridgehead atoms. The minimum absolute atomic E-state index is 0.00810. The first-order chi connectivity index (χ1) is 22.1. The zero-order valence-electron chi connectivity index (χ0n) is 27.7. The van der Waals surface area contributed by atoms with E-state index < -0.39 is 17.7 Å². The van der Waals surface area contributed by atoms with Crippen molar-refractivity contribution in [2.75, 3.05) is 52.0 Å². The van der Waals surface area contributed by atoms with Crippen LogP contribution in [0.5, 0.6) is 11.5 Å². The summed E-state index contributed by atoms with van der Waals surface area (Å²) < 4.78 is 22.5. The minimum atomic E-state index is -0.631. The average Bonchev–Trinajstić information content (AvgIpc) is 3.90. The third-order valence-corrected chi connectivity index (χ3v) is 8.16. The molecular weight excluding hydrogens is 582 g/mol. The van der Waals surface area contributed by atoms with Gasteiger partial charge in [-0.05, 0) is 74.6 Å². The number of methoxy groups -OCH3 is 2. The lowest BCUT2D eigenvalue weighted by atomic mass is 10.0. The van der Waals surface area contributed by atoms with Gasteiger partial charge in [0.25, 0.3) is 0 Å². The van der Waals surface area contributed by atoms with E-state index in [0.29, 0.717) is 44.3 Å². The van der Waals surface area contributed by atoms with Crippen LogP contribution in [0.25, 0.3) is 11.1 Å². The van der Waals surface area contributed by atoms with Gasteiger partial charge in [0.1, 0.15) is 23.1 Å². The molecule has 1 aliphatic carbocycles. The summed E-state index contributed by atoms with van der Waals surface area (Å²) in [7, 11) is 3.31. The van der Waals surface area contributed by atoms with Crippen molar-refractivity contribution in [2.24, 2.45) is 0 Å². The largest absolute Gasteiger partial charge is 0.497 e. The first-order valence-electron chi connectivity index (χ1n) is 16.2. The molecule has 3 aromatic rings. The summed E-state index contributed by atoms with van der Waals surface area (Å²) in [5.74, 6) is 1.36. The fourth-order valence-corrected chi connectivity index (χ4v) is 5.77. The summed E-state index contributed by atoms with van der Waals surface area (Å²) >= 11 is 0. The number of piperazine rings is 1. The number of rotatable bonds is 12. The zero-order chi connectivity index (χ0) is 32.7. The van der Waals surface area contributed by atoms with E-state index in [-0.39, 0.29) is 18.5 Å².